The van der Waals surface area contributed by atoms with Gasteiger partial charge in [-0.3, -0.25) is 4.98 Å². The minimum absolute atomic E-state index is 0.0472. The van der Waals surface area contributed by atoms with Crippen molar-refractivity contribution in [1.82, 2.24) is 4.98 Å². The van der Waals surface area contributed by atoms with Gasteiger partial charge in [0.05, 0.1) is 22.7 Å². The molecule has 6 aromatic rings. The number of rotatable bonds is 1. The maximum Gasteiger partial charge on any atom is 0.146 e. The van der Waals surface area contributed by atoms with Crippen LogP contribution in [-0.4, -0.2) is 4.98 Å². The molecule has 0 fully saturated rings. The lowest BCUT2D eigenvalue weighted by Crippen LogP contribution is -2.11. The Morgan fingerprint density at radius 2 is 1.83 bits per heavy atom. The number of aryl methyl sites for hydroxylation is 1. The van der Waals surface area contributed by atoms with Gasteiger partial charge in [0.2, 0.25) is 0 Å². The summed E-state index contributed by atoms with van der Waals surface area (Å²) in [5, 5.41) is 6.61. The summed E-state index contributed by atoms with van der Waals surface area (Å²) in [5.74, 6) is 0. The second-order valence-corrected chi connectivity index (χ2v) is 9.90. The highest BCUT2D eigenvalue weighted by Gasteiger charge is 2.22. The highest BCUT2D eigenvalue weighted by atomic mass is 32.1. The molecule has 0 atom stereocenters. The average Bonchev–Trinajstić information content (AvgIpc) is 3.42. The summed E-state index contributed by atoms with van der Waals surface area (Å²) < 4.78 is 13.4. The summed E-state index contributed by atoms with van der Waals surface area (Å²) in [4.78, 5) is 4.82. The number of hydrogen-bond donors (Lipinski definition) is 0. The first-order chi connectivity index (χ1) is 14.4. The quantitative estimate of drug-likeness (QED) is 0.274. The van der Waals surface area contributed by atoms with Gasteiger partial charge in [0.25, 0.3) is 0 Å². The van der Waals surface area contributed by atoms with Crippen LogP contribution >= 0.6 is 11.3 Å². The molecule has 0 aliphatic carbocycles. The van der Waals surface area contributed by atoms with Crippen molar-refractivity contribution in [3.63, 3.8) is 0 Å². The topological polar surface area (TPSA) is 39.2 Å². The molecule has 2 aromatic carbocycles. The molecule has 4 heteroatoms. The largest absolute Gasteiger partial charge is 0.464 e. The van der Waals surface area contributed by atoms with Gasteiger partial charge in [-0.05, 0) is 70.6 Å². The summed E-state index contributed by atoms with van der Waals surface area (Å²) in [6, 6.07) is 12.8. The Bertz CT molecular complexity index is 1590. The number of pyridine rings is 1. The second-order valence-electron chi connectivity index (χ2n) is 8.98. The lowest BCUT2D eigenvalue weighted by Gasteiger charge is -2.21. The number of furan rings is 2. The molecule has 0 amide bonds. The predicted molar refractivity (Wildman–Crippen MR) is 126 cm³/mol. The average molecular weight is 412 g/mol. The monoisotopic (exact) mass is 411 g/mol. The Balaban J connectivity index is 1.73. The smallest absolute Gasteiger partial charge is 0.146 e. The second kappa shape index (κ2) is 5.96. The summed E-state index contributed by atoms with van der Waals surface area (Å²) in [6.07, 6.45) is 3.63. The van der Waals surface area contributed by atoms with E-state index >= 15 is 0 Å². The van der Waals surface area contributed by atoms with E-state index in [-0.39, 0.29) is 5.41 Å². The molecule has 30 heavy (non-hydrogen) atoms. The number of fused-ring (bicyclic) bond motifs is 6. The Morgan fingerprint density at radius 3 is 2.67 bits per heavy atom. The van der Waals surface area contributed by atoms with Crippen molar-refractivity contribution in [3.8, 4) is 11.3 Å². The fourth-order valence-corrected chi connectivity index (χ4v) is 5.55. The van der Waals surface area contributed by atoms with Crippen molar-refractivity contribution in [2.75, 3.05) is 0 Å². The first kappa shape index (κ1) is 17.7. The molecule has 0 saturated carbocycles. The van der Waals surface area contributed by atoms with Gasteiger partial charge in [0, 0.05) is 21.8 Å². The lowest BCUT2D eigenvalue weighted by molar-refractivity contribution is 0.597. The Kier molecular flexibility index (Phi) is 3.52. The first-order valence-corrected chi connectivity index (χ1v) is 11.0. The number of nitrogens with zero attached hydrogens (tertiary/aromatic N) is 1. The normalized spacial score (nSPS) is 12.7. The molecule has 0 spiro atoms. The van der Waals surface area contributed by atoms with Crippen molar-refractivity contribution in [2.45, 2.75) is 33.1 Å². The molecule has 0 N–H and O–H groups in total. The van der Waals surface area contributed by atoms with Crippen LogP contribution in [0, 0.1) is 6.92 Å². The number of thiophene rings is 1. The molecule has 0 aliphatic heterocycles. The molecule has 4 heterocycles. The highest BCUT2D eigenvalue weighted by Crippen LogP contribution is 2.42. The summed E-state index contributed by atoms with van der Waals surface area (Å²) in [5.41, 5.74) is 7.15. The van der Waals surface area contributed by atoms with Crippen LogP contribution in [0.1, 0.15) is 31.9 Å². The van der Waals surface area contributed by atoms with Crippen LogP contribution in [0.5, 0.6) is 0 Å². The maximum atomic E-state index is 6.34. The van der Waals surface area contributed by atoms with E-state index in [4.69, 9.17) is 13.8 Å². The van der Waals surface area contributed by atoms with Gasteiger partial charge in [-0.15, -0.1) is 11.3 Å². The van der Waals surface area contributed by atoms with Gasteiger partial charge in [0.15, 0.2) is 0 Å². The van der Waals surface area contributed by atoms with Gasteiger partial charge in [-0.2, -0.15) is 0 Å². The first-order valence-electron chi connectivity index (χ1n) is 10.1. The van der Waals surface area contributed by atoms with Crippen LogP contribution in [0.25, 0.3) is 54.3 Å². The zero-order valence-electron chi connectivity index (χ0n) is 17.4. The SMILES string of the molecule is Cc1coc2ccc3c(oc4ccnc(-c5cc(C(C)(C)C)c6sccc6c5)c43)c12. The summed E-state index contributed by atoms with van der Waals surface area (Å²) in [6.45, 7) is 8.86. The number of hydrogen-bond acceptors (Lipinski definition) is 4. The van der Waals surface area contributed by atoms with E-state index in [0.717, 1.165) is 49.7 Å². The van der Waals surface area contributed by atoms with Crippen LogP contribution in [0.15, 0.2) is 63.1 Å². The Hall–Kier alpha value is -3.11. The van der Waals surface area contributed by atoms with Gasteiger partial charge < -0.3 is 8.83 Å². The molecule has 4 aromatic heterocycles. The fourth-order valence-electron chi connectivity index (χ4n) is 4.44. The highest BCUT2D eigenvalue weighted by molar-refractivity contribution is 7.17. The van der Waals surface area contributed by atoms with Gasteiger partial charge in [0.1, 0.15) is 16.7 Å². The predicted octanol–water partition coefficient (Wildman–Crippen LogP) is 8.21. The molecule has 148 valence electrons. The van der Waals surface area contributed by atoms with Gasteiger partial charge in [-0.1, -0.05) is 20.8 Å². The molecule has 3 nitrogen and oxygen atoms in total. The zero-order valence-corrected chi connectivity index (χ0v) is 18.2. The Labute approximate surface area is 177 Å². The van der Waals surface area contributed by atoms with Crippen LogP contribution in [0.3, 0.4) is 0 Å². The van der Waals surface area contributed by atoms with Crippen LogP contribution < -0.4 is 0 Å². The van der Waals surface area contributed by atoms with Crippen molar-refractivity contribution >= 4 is 54.3 Å². The molecular weight excluding hydrogens is 390 g/mol. The molecule has 6 rings (SSSR count). The summed E-state index contributed by atoms with van der Waals surface area (Å²) >= 11 is 1.81. The van der Waals surface area contributed by atoms with E-state index in [0.29, 0.717) is 0 Å². The zero-order chi connectivity index (χ0) is 20.6. The molecule has 0 bridgehead atoms. The van der Waals surface area contributed by atoms with Crippen LogP contribution in [0.2, 0.25) is 0 Å². The number of benzene rings is 2. The van der Waals surface area contributed by atoms with E-state index in [1.807, 2.05) is 29.7 Å². The van der Waals surface area contributed by atoms with Crippen molar-refractivity contribution < 1.29 is 8.83 Å². The van der Waals surface area contributed by atoms with Crippen molar-refractivity contribution in [1.29, 1.82) is 0 Å². The lowest BCUT2D eigenvalue weighted by atomic mass is 9.85. The van der Waals surface area contributed by atoms with E-state index in [2.05, 4.69) is 57.3 Å². The minimum Gasteiger partial charge on any atom is -0.464 e. The molecule has 0 aliphatic rings. The molecule has 0 unspecified atom stereocenters. The summed E-state index contributed by atoms with van der Waals surface area (Å²) in [7, 11) is 0. The van der Waals surface area contributed by atoms with Crippen LogP contribution in [-0.2, 0) is 5.41 Å². The van der Waals surface area contributed by atoms with E-state index in [1.165, 1.54) is 15.6 Å². The Morgan fingerprint density at radius 1 is 0.967 bits per heavy atom. The van der Waals surface area contributed by atoms with Crippen molar-refractivity contribution in [3.05, 3.63) is 65.4 Å². The van der Waals surface area contributed by atoms with E-state index in [1.54, 1.807) is 6.26 Å². The van der Waals surface area contributed by atoms with Crippen LogP contribution in [0.4, 0.5) is 0 Å². The molecule has 0 radical (unpaired) electrons. The molecular formula is C26H21NO2S. The third-order valence-electron chi connectivity index (χ3n) is 5.90. The third-order valence-corrected chi connectivity index (χ3v) is 6.87. The standard InChI is InChI=1S/C26H21NO2S/c1-14-13-28-19-6-5-17-22-20(29-24(17)21(14)19)7-9-27-23(22)16-11-15-8-10-30-25(15)18(12-16)26(2,3)4/h5-13H,1-4H3. The van der Waals surface area contributed by atoms with E-state index < -0.39 is 0 Å². The minimum atomic E-state index is 0.0472. The van der Waals surface area contributed by atoms with Gasteiger partial charge in [-0.25, -0.2) is 0 Å². The van der Waals surface area contributed by atoms with Crippen molar-refractivity contribution in [2.24, 2.45) is 0 Å². The fraction of sp³-hybridized carbons (Fsp3) is 0.192. The molecule has 0 saturated heterocycles. The third kappa shape index (κ3) is 2.40. The maximum absolute atomic E-state index is 6.34. The number of aromatic nitrogens is 1. The van der Waals surface area contributed by atoms with E-state index in [9.17, 15) is 0 Å². The van der Waals surface area contributed by atoms with Gasteiger partial charge >= 0.3 is 0 Å².